The summed E-state index contributed by atoms with van der Waals surface area (Å²) in [5.41, 5.74) is 0. The van der Waals surface area contributed by atoms with Crippen molar-refractivity contribution in [2.75, 3.05) is 10.7 Å². The van der Waals surface area contributed by atoms with Gasteiger partial charge in [0.1, 0.15) is 0 Å². The third kappa shape index (κ3) is 3.16. The van der Waals surface area contributed by atoms with Gasteiger partial charge in [0.2, 0.25) is 0 Å². The maximum Gasteiger partial charge on any atom is 0.00650 e. The van der Waals surface area contributed by atoms with Gasteiger partial charge in [-0.3, -0.25) is 0 Å². The Labute approximate surface area is 55.6 Å². The van der Waals surface area contributed by atoms with E-state index in [2.05, 4.69) is 38.8 Å². The average molecular weight is 216 g/mol. The van der Waals surface area contributed by atoms with E-state index < -0.39 is 0 Å². The van der Waals surface area contributed by atoms with Crippen LogP contribution in [0.15, 0.2) is 0 Å². The van der Waals surface area contributed by atoms with Crippen molar-refractivity contribution < 1.29 is 0 Å². The van der Waals surface area contributed by atoms with Crippen LogP contribution in [0.4, 0.5) is 0 Å². The molecule has 0 rings (SSSR count). The smallest absolute Gasteiger partial charge is 0.00650 e. The van der Waals surface area contributed by atoms with Gasteiger partial charge in [0.05, 0.1) is 0 Å². The Hall–Kier alpha value is 0.960. The van der Waals surface area contributed by atoms with Gasteiger partial charge in [-0.15, -0.1) is 0 Å². The topological polar surface area (TPSA) is 0 Å². The normalized spacial score (nSPS) is 10.0. The lowest BCUT2D eigenvalue weighted by Crippen LogP contribution is -1.94. The highest BCUT2D eigenvalue weighted by Gasteiger charge is 1.91. The van der Waals surface area contributed by atoms with Crippen LogP contribution < -0.4 is 0 Å². The second-order valence-corrected chi connectivity index (χ2v) is 2.71. The molecule has 0 aromatic rings. The first-order valence-corrected chi connectivity index (χ1v) is 4.17. The predicted molar refractivity (Wildman–Crippen MR) is 36.8 cm³/mol. The number of alkyl halides is 2. The first-order chi connectivity index (χ1) is 2.81. The summed E-state index contributed by atoms with van der Waals surface area (Å²) < 4.78 is 0. The number of rotatable bonds is 2. The molecule has 0 spiro atoms. The van der Waals surface area contributed by atoms with E-state index in [9.17, 15) is 0 Å². The summed E-state index contributed by atoms with van der Waals surface area (Å²) in [7, 11) is 0. The Morgan fingerprint density at radius 2 is 1.67 bits per heavy atom. The first kappa shape index (κ1) is 6.96. The van der Waals surface area contributed by atoms with Gasteiger partial charge in [0, 0.05) is 10.7 Å². The van der Waals surface area contributed by atoms with Crippen LogP contribution in [0, 0.1) is 5.92 Å². The average Bonchev–Trinajstić information content (AvgIpc) is 1.65. The molecule has 0 saturated heterocycles. The molecule has 0 atom stereocenters. The third-order valence-electron chi connectivity index (χ3n) is 0.527. The molecule has 0 heterocycles. The Bertz CT molecular complexity index is 24.7. The highest BCUT2D eigenvalue weighted by molar-refractivity contribution is 9.09. The molecule has 2 heteroatoms. The number of halogens is 2. The van der Waals surface area contributed by atoms with E-state index in [-0.39, 0.29) is 0 Å². The summed E-state index contributed by atoms with van der Waals surface area (Å²) in [5.74, 6) is 0.769. The van der Waals surface area contributed by atoms with Crippen molar-refractivity contribution in [3.63, 3.8) is 0 Å². The largest absolute Gasteiger partial charge is 0.0925 e. The maximum absolute atomic E-state index is 3.34. The minimum atomic E-state index is 0.769. The summed E-state index contributed by atoms with van der Waals surface area (Å²) in [6, 6.07) is 0. The molecule has 0 nitrogen and oxygen atoms in total. The van der Waals surface area contributed by atoms with Crippen molar-refractivity contribution in [1.82, 2.24) is 0 Å². The predicted octanol–water partition coefficient (Wildman–Crippen LogP) is 2.41. The monoisotopic (exact) mass is 214 g/mol. The standard InChI is InChI=1S/C4H8Br2/c1-4(2-5)3-6/h4H,2-3H2,1H3. The molecular weight excluding hydrogens is 208 g/mol. The zero-order valence-electron chi connectivity index (χ0n) is 3.75. The van der Waals surface area contributed by atoms with E-state index in [1.807, 2.05) is 0 Å². The van der Waals surface area contributed by atoms with E-state index in [1.165, 1.54) is 0 Å². The SMILES string of the molecule is CC(CBr)CBr. The van der Waals surface area contributed by atoms with Gasteiger partial charge in [-0.05, 0) is 5.92 Å². The number of hydrogen-bond acceptors (Lipinski definition) is 0. The maximum atomic E-state index is 3.34. The van der Waals surface area contributed by atoms with Gasteiger partial charge in [-0.25, -0.2) is 0 Å². The Morgan fingerprint density at radius 3 is 1.67 bits per heavy atom. The molecule has 0 radical (unpaired) electrons. The van der Waals surface area contributed by atoms with Crippen LogP contribution in [0.3, 0.4) is 0 Å². The fourth-order valence-corrected chi connectivity index (χ4v) is 1.11. The van der Waals surface area contributed by atoms with Gasteiger partial charge < -0.3 is 0 Å². The first-order valence-electron chi connectivity index (χ1n) is 1.93. The summed E-state index contributed by atoms with van der Waals surface area (Å²) in [6.07, 6.45) is 0. The minimum absolute atomic E-state index is 0.769. The highest BCUT2D eigenvalue weighted by atomic mass is 79.9. The van der Waals surface area contributed by atoms with Gasteiger partial charge >= 0.3 is 0 Å². The molecule has 0 bridgehead atoms. The van der Waals surface area contributed by atoms with Crippen LogP contribution in [-0.2, 0) is 0 Å². The van der Waals surface area contributed by atoms with Gasteiger partial charge in [-0.1, -0.05) is 38.8 Å². The van der Waals surface area contributed by atoms with Crippen LogP contribution >= 0.6 is 31.9 Å². The fraction of sp³-hybridized carbons (Fsp3) is 1.00. The van der Waals surface area contributed by atoms with Gasteiger partial charge in [-0.2, -0.15) is 0 Å². The zero-order valence-corrected chi connectivity index (χ0v) is 6.92. The van der Waals surface area contributed by atoms with E-state index in [0.29, 0.717) is 0 Å². The molecule has 6 heavy (non-hydrogen) atoms. The molecule has 0 unspecified atom stereocenters. The third-order valence-corrected chi connectivity index (χ3v) is 2.74. The summed E-state index contributed by atoms with van der Waals surface area (Å²) in [5, 5.41) is 2.19. The van der Waals surface area contributed by atoms with Gasteiger partial charge in [0.25, 0.3) is 0 Å². The van der Waals surface area contributed by atoms with E-state index in [1.54, 1.807) is 0 Å². The Morgan fingerprint density at radius 1 is 1.33 bits per heavy atom. The lowest BCUT2D eigenvalue weighted by atomic mass is 10.3. The van der Waals surface area contributed by atoms with E-state index >= 15 is 0 Å². The van der Waals surface area contributed by atoms with Gasteiger partial charge in [0.15, 0.2) is 0 Å². The molecule has 0 aliphatic heterocycles. The second kappa shape index (κ2) is 4.13. The fourth-order valence-electron chi connectivity index (χ4n) is 0.0412. The van der Waals surface area contributed by atoms with E-state index in [0.717, 1.165) is 16.6 Å². The Kier molecular flexibility index (Phi) is 4.79. The highest BCUT2D eigenvalue weighted by Crippen LogP contribution is 2.01. The van der Waals surface area contributed by atoms with Crippen molar-refractivity contribution >= 4 is 31.9 Å². The quantitative estimate of drug-likeness (QED) is 0.621. The zero-order chi connectivity index (χ0) is 4.99. The van der Waals surface area contributed by atoms with Crippen molar-refractivity contribution in [2.45, 2.75) is 6.92 Å². The molecule has 38 valence electrons. The lowest BCUT2D eigenvalue weighted by molar-refractivity contribution is 0.777. The van der Waals surface area contributed by atoms with Crippen LogP contribution in [0.5, 0.6) is 0 Å². The van der Waals surface area contributed by atoms with Crippen LogP contribution in [0.1, 0.15) is 6.92 Å². The molecule has 0 fully saturated rings. The van der Waals surface area contributed by atoms with Crippen LogP contribution in [0.25, 0.3) is 0 Å². The molecule has 0 aliphatic carbocycles. The Balaban J connectivity index is 2.75. The van der Waals surface area contributed by atoms with Crippen molar-refractivity contribution in [2.24, 2.45) is 5.92 Å². The van der Waals surface area contributed by atoms with Crippen LogP contribution in [-0.4, -0.2) is 10.7 Å². The second-order valence-electron chi connectivity index (χ2n) is 1.41. The summed E-state index contributed by atoms with van der Waals surface area (Å²) in [6.45, 7) is 2.18. The summed E-state index contributed by atoms with van der Waals surface area (Å²) in [4.78, 5) is 0. The molecule has 0 aliphatic rings. The number of hydrogen-bond donors (Lipinski definition) is 0. The molecule has 0 aromatic heterocycles. The van der Waals surface area contributed by atoms with E-state index in [4.69, 9.17) is 0 Å². The van der Waals surface area contributed by atoms with Crippen molar-refractivity contribution in [3.05, 3.63) is 0 Å². The molecular formula is C4H8Br2. The minimum Gasteiger partial charge on any atom is -0.0925 e. The molecule has 0 N–H and O–H groups in total. The van der Waals surface area contributed by atoms with Crippen LogP contribution in [0.2, 0.25) is 0 Å². The molecule has 0 saturated carbocycles. The summed E-state index contributed by atoms with van der Waals surface area (Å²) >= 11 is 6.69. The van der Waals surface area contributed by atoms with Crippen molar-refractivity contribution in [1.29, 1.82) is 0 Å². The molecule has 0 amide bonds. The molecule has 0 aromatic carbocycles. The van der Waals surface area contributed by atoms with Crippen molar-refractivity contribution in [3.8, 4) is 0 Å². The lowest BCUT2D eigenvalue weighted by Gasteiger charge is -1.95.